The number of benzene rings is 2. The number of halogens is 6. The molecule has 1 aliphatic rings. The first kappa shape index (κ1) is 37.6. The van der Waals surface area contributed by atoms with Crippen molar-refractivity contribution in [1.82, 2.24) is 15.2 Å². The number of nitrogens with zero attached hydrogens (tertiary/aromatic N) is 2. The summed E-state index contributed by atoms with van der Waals surface area (Å²) in [7, 11) is 0. The SMILES string of the molecule is Cc1ccc([C@H](CC(=O)Nc2cncc(F)c2CC[C@@H]2CN(C(C)(C)C)[C@H](COC(=O)NCC(F)(F)F)CO2)c2cc(F)cc(F)c2)cc1. The molecule has 4 rings (SSSR count). The van der Waals surface area contributed by atoms with Crippen LogP contribution in [-0.4, -0.2) is 72.0 Å². The normalized spacial score (nSPS) is 17.8. The number of ether oxygens (including phenoxy) is 2. The van der Waals surface area contributed by atoms with Gasteiger partial charge in [0.1, 0.15) is 30.6 Å². The van der Waals surface area contributed by atoms with Crippen LogP contribution in [0, 0.1) is 24.4 Å². The van der Waals surface area contributed by atoms with E-state index in [0.29, 0.717) is 18.5 Å². The van der Waals surface area contributed by atoms with Gasteiger partial charge >= 0.3 is 12.3 Å². The molecule has 3 atom stereocenters. The number of hydrogen-bond acceptors (Lipinski definition) is 6. The van der Waals surface area contributed by atoms with Crippen molar-refractivity contribution in [1.29, 1.82) is 0 Å². The molecule has 0 unspecified atom stereocenters. The highest BCUT2D eigenvalue weighted by molar-refractivity contribution is 5.92. The standard InChI is InChI=1S/C35H40F6N4O4/c1-21-5-7-22(8-6-21)29(23-11-24(36)13-25(37)12-23)14-32(46)44-31-16-42-15-30(38)28(31)10-9-27-17-45(34(2,3)4)26(18-48-27)19-49-33(47)43-20-35(39,40)41/h5-8,11-13,15-16,26-27,29H,9-10,14,17-20H2,1-4H3,(H,43,47)(H,44,46)/t26-,27+,29-/m0/s1. The number of aromatic nitrogens is 1. The largest absolute Gasteiger partial charge is 0.448 e. The number of alkyl carbamates (subject to hydrolysis) is 1. The number of pyridine rings is 1. The number of anilines is 1. The number of carbonyl (C=O) groups excluding carboxylic acids is 2. The molecule has 1 aromatic heterocycles. The minimum Gasteiger partial charge on any atom is -0.448 e. The fourth-order valence-electron chi connectivity index (χ4n) is 5.81. The van der Waals surface area contributed by atoms with Crippen LogP contribution in [0.1, 0.15) is 61.8 Å². The molecule has 0 aliphatic carbocycles. The lowest BCUT2D eigenvalue weighted by Gasteiger charge is -2.46. The minimum atomic E-state index is -4.57. The molecule has 14 heteroatoms. The van der Waals surface area contributed by atoms with Crippen molar-refractivity contribution < 1.29 is 45.4 Å². The van der Waals surface area contributed by atoms with Gasteiger partial charge in [-0.05, 0) is 63.8 Å². The van der Waals surface area contributed by atoms with Crippen LogP contribution in [0.25, 0.3) is 0 Å². The van der Waals surface area contributed by atoms with Crippen LogP contribution in [0.4, 0.5) is 36.8 Å². The summed E-state index contributed by atoms with van der Waals surface area (Å²) in [6, 6.07) is 9.93. The summed E-state index contributed by atoms with van der Waals surface area (Å²) in [5.41, 5.74) is 1.83. The lowest BCUT2D eigenvalue weighted by Crippen LogP contribution is -2.59. The molecule has 266 valence electrons. The molecule has 8 nitrogen and oxygen atoms in total. The summed E-state index contributed by atoms with van der Waals surface area (Å²) in [5, 5.41) is 4.41. The number of hydrogen-bond donors (Lipinski definition) is 2. The highest BCUT2D eigenvalue weighted by atomic mass is 19.4. The van der Waals surface area contributed by atoms with Gasteiger partial charge in [0.05, 0.1) is 36.8 Å². The second-order valence-electron chi connectivity index (χ2n) is 13.1. The molecule has 1 saturated heterocycles. The van der Waals surface area contributed by atoms with Crippen LogP contribution in [0.3, 0.4) is 0 Å². The molecular weight excluding hydrogens is 654 g/mol. The topological polar surface area (TPSA) is 92.8 Å². The number of carbonyl (C=O) groups is 2. The van der Waals surface area contributed by atoms with E-state index in [1.165, 1.54) is 18.3 Å². The first-order valence-corrected chi connectivity index (χ1v) is 15.8. The zero-order valence-corrected chi connectivity index (χ0v) is 27.7. The molecule has 1 aliphatic heterocycles. The third kappa shape index (κ3) is 11.2. The Morgan fingerprint density at radius 3 is 2.33 bits per heavy atom. The second-order valence-corrected chi connectivity index (χ2v) is 13.1. The molecule has 2 N–H and O–H groups in total. The molecule has 0 saturated carbocycles. The van der Waals surface area contributed by atoms with Gasteiger partial charge in [0.25, 0.3) is 0 Å². The second kappa shape index (κ2) is 16.0. The van der Waals surface area contributed by atoms with Crippen molar-refractivity contribution in [3.8, 4) is 0 Å². The summed E-state index contributed by atoms with van der Waals surface area (Å²) in [5.74, 6) is -3.39. The molecule has 0 spiro atoms. The van der Waals surface area contributed by atoms with Crippen molar-refractivity contribution in [3.63, 3.8) is 0 Å². The zero-order valence-electron chi connectivity index (χ0n) is 27.7. The Balaban J connectivity index is 1.42. The maximum Gasteiger partial charge on any atom is 0.407 e. The van der Waals surface area contributed by atoms with Crippen molar-refractivity contribution >= 4 is 17.7 Å². The Morgan fingerprint density at radius 2 is 1.69 bits per heavy atom. The summed E-state index contributed by atoms with van der Waals surface area (Å²) in [4.78, 5) is 31.1. The Labute approximate surface area is 281 Å². The van der Waals surface area contributed by atoms with E-state index in [1.807, 2.05) is 44.7 Å². The smallest absolute Gasteiger partial charge is 0.407 e. The fourth-order valence-corrected chi connectivity index (χ4v) is 5.81. The molecule has 2 amide bonds. The van der Waals surface area contributed by atoms with Crippen molar-refractivity contribution in [2.45, 2.75) is 76.7 Å². The van der Waals surface area contributed by atoms with E-state index in [1.54, 1.807) is 17.4 Å². The molecule has 0 radical (unpaired) electrons. The van der Waals surface area contributed by atoms with Gasteiger partial charge in [0.2, 0.25) is 5.91 Å². The highest BCUT2D eigenvalue weighted by Gasteiger charge is 2.37. The van der Waals surface area contributed by atoms with Crippen LogP contribution in [0.15, 0.2) is 54.9 Å². The summed E-state index contributed by atoms with van der Waals surface area (Å²) >= 11 is 0. The lowest BCUT2D eigenvalue weighted by molar-refractivity contribution is -0.125. The molecule has 2 aromatic carbocycles. The van der Waals surface area contributed by atoms with Gasteiger partial charge in [-0.1, -0.05) is 29.8 Å². The van der Waals surface area contributed by atoms with E-state index < -0.39 is 59.7 Å². The molecule has 3 aromatic rings. The molecule has 1 fully saturated rings. The van der Waals surface area contributed by atoms with Gasteiger partial charge in [-0.2, -0.15) is 13.2 Å². The van der Waals surface area contributed by atoms with Crippen molar-refractivity contribution in [2.24, 2.45) is 0 Å². The van der Waals surface area contributed by atoms with Crippen LogP contribution >= 0.6 is 0 Å². The monoisotopic (exact) mass is 694 g/mol. The van der Waals surface area contributed by atoms with Gasteiger partial charge in [-0.15, -0.1) is 0 Å². The summed E-state index contributed by atoms with van der Waals surface area (Å²) in [6.07, 6.45) is -3.47. The van der Waals surface area contributed by atoms with Crippen LogP contribution in [-0.2, 0) is 20.7 Å². The van der Waals surface area contributed by atoms with E-state index in [2.05, 4.69) is 10.3 Å². The predicted octanol–water partition coefficient (Wildman–Crippen LogP) is 7.06. The van der Waals surface area contributed by atoms with E-state index in [-0.39, 0.29) is 49.0 Å². The van der Waals surface area contributed by atoms with E-state index in [4.69, 9.17) is 9.47 Å². The summed E-state index contributed by atoms with van der Waals surface area (Å²) in [6.45, 7) is 6.46. The van der Waals surface area contributed by atoms with E-state index >= 15 is 4.39 Å². The Morgan fingerprint density at radius 1 is 1.02 bits per heavy atom. The third-order valence-electron chi connectivity index (χ3n) is 8.22. The number of alkyl halides is 3. The highest BCUT2D eigenvalue weighted by Crippen LogP contribution is 2.31. The third-order valence-corrected chi connectivity index (χ3v) is 8.22. The van der Waals surface area contributed by atoms with Crippen LogP contribution in [0.5, 0.6) is 0 Å². The lowest BCUT2D eigenvalue weighted by atomic mass is 9.87. The van der Waals surface area contributed by atoms with Gasteiger partial charge < -0.3 is 20.1 Å². The van der Waals surface area contributed by atoms with Crippen LogP contribution < -0.4 is 10.6 Å². The zero-order chi connectivity index (χ0) is 35.9. The van der Waals surface area contributed by atoms with E-state index in [0.717, 1.165) is 17.8 Å². The first-order valence-electron chi connectivity index (χ1n) is 15.8. The van der Waals surface area contributed by atoms with E-state index in [9.17, 15) is 31.5 Å². The van der Waals surface area contributed by atoms with Gasteiger partial charge in [-0.25, -0.2) is 18.0 Å². The number of nitrogens with one attached hydrogen (secondary N) is 2. The van der Waals surface area contributed by atoms with Gasteiger partial charge in [0.15, 0.2) is 0 Å². The van der Waals surface area contributed by atoms with Gasteiger partial charge in [0, 0.05) is 36.1 Å². The number of amides is 2. The van der Waals surface area contributed by atoms with Crippen molar-refractivity contribution in [3.05, 3.63) is 94.6 Å². The molecule has 0 bridgehead atoms. The number of morpholine rings is 1. The Kier molecular flexibility index (Phi) is 12.3. The predicted molar refractivity (Wildman–Crippen MR) is 171 cm³/mol. The summed E-state index contributed by atoms with van der Waals surface area (Å²) < 4.78 is 91.8. The Bertz CT molecular complexity index is 1580. The van der Waals surface area contributed by atoms with Gasteiger partial charge in [-0.3, -0.25) is 14.7 Å². The maximum atomic E-state index is 15.1. The molecule has 2 heterocycles. The Hall–Kier alpha value is -4.17. The average Bonchev–Trinajstić information content (AvgIpc) is 3.01. The maximum absolute atomic E-state index is 15.1. The number of rotatable bonds is 11. The van der Waals surface area contributed by atoms with Crippen LogP contribution in [0.2, 0.25) is 0 Å². The molecule has 49 heavy (non-hydrogen) atoms. The number of aryl methyl sites for hydroxylation is 1. The van der Waals surface area contributed by atoms with Crippen molar-refractivity contribution in [2.75, 3.05) is 31.6 Å². The average molecular weight is 695 g/mol. The molecular formula is C35H40F6N4O4. The quantitative estimate of drug-likeness (QED) is 0.209. The fraction of sp³-hybridized carbons (Fsp3) is 0.457. The first-order chi connectivity index (χ1) is 23.0. The minimum absolute atomic E-state index is 0.109.